The second-order valence-corrected chi connectivity index (χ2v) is 3.95. The number of aromatic carboxylic acids is 1. The van der Waals surface area contributed by atoms with Gasteiger partial charge in [0.05, 0.1) is 12.2 Å². The van der Waals surface area contributed by atoms with Gasteiger partial charge in [0.2, 0.25) is 0 Å². The molecule has 98 valence electrons. The summed E-state index contributed by atoms with van der Waals surface area (Å²) in [6.45, 7) is 2.13. The summed E-state index contributed by atoms with van der Waals surface area (Å²) in [5.74, 6) is -2.29. The van der Waals surface area contributed by atoms with Gasteiger partial charge in [0.15, 0.2) is 11.6 Å². The molecule has 2 aromatic rings. The number of halogens is 1. The first-order valence-electron chi connectivity index (χ1n) is 5.62. The molecule has 0 fully saturated rings. The lowest BCUT2D eigenvalue weighted by Gasteiger charge is -2.07. The summed E-state index contributed by atoms with van der Waals surface area (Å²) in [5.41, 5.74) is 1.17. The second kappa shape index (κ2) is 5.43. The van der Waals surface area contributed by atoms with Crippen LogP contribution in [0, 0.1) is 12.7 Å². The van der Waals surface area contributed by atoms with Gasteiger partial charge in [-0.3, -0.25) is 4.98 Å². The third-order valence-corrected chi connectivity index (χ3v) is 2.50. The number of aromatic nitrogens is 2. The van der Waals surface area contributed by atoms with Crippen LogP contribution in [0.2, 0.25) is 0 Å². The van der Waals surface area contributed by atoms with Crippen molar-refractivity contribution in [2.24, 2.45) is 0 Å². The first-order chi connectivity index (χ1) is 9.08. The van der Waals surface area contributed by atoms with Crippen molar-refractivity contribution in [2.75, 3.05) is 5.32 Å². The standard InChI is InChI=1S/C13H12FN3O2/c1-8-3-2-4-9(17-8)7-16-12-11(14)10(13(18)19)5-6-15-12/h2-6H,7H2,1H3,(H,15,16)(H,18,19). The van der Waals surface area contributed by atoms with Crippen molar-refractivity contribution < 1.29 is 14.3 Å². The van der Waals surface area contributed by atoms with E-state index in [1.54, 1.807) is 6.07 Å². The Morgan fingerprint density at radius 3 is 2.89 bits per heavy atom. The number of hydrogen-bond donors (Lipinski definition) is 2. The van der Waals surface area contributed by atoms with E-state index in [1.807, 2.05) is 19.1 Å². The lowest BCUT2D eigenvalue weighted by molar-refractivity contribution is 0.0692. The number of carboxylic acid groups (broad SMARTS) is 1. The maximum absolute atomic E-state index is 13.8. The Balaban J connectivity index is 2.16. The minimum atomic E-state index is -1.32. The third kappa shape index (κ3) is 3.04. The molecule has 0 atom stereocenters. The van der Waals surface area contributed by atoms with Gasteiger partial charge < -0.3 is 10.4 Å². The molecule has 0 bridgehead atoms. The number of anilines is 1. The third-order valence-electron chi connectivity index (χ3n) is 2.50. The molecule has 2 heterocycles. The molecule has 2 aromatic heterocycles. The number of carboxylic acids is 1. The van der Waals surface area contributed by atoms with Gasteiger partial charge in [0, 0.05) is 11.9 Å². The number of carbonyl (C=O) groups is 1. The molecule has 0 aromatic carbocycles. The van der Waals surface area contributed by atoms with Crippen LogP contribution in [0.3, 0.4) is 0 Å². The van der Waals surface area contributed by atoms with Crippen LogP contribution in [0.15, 0.2) is 30.5 Å². The van der Waals surface area contributed by atoms with Gasteiger partial charge >= 0.3 is 5.97 Å². The van der Waals surface area contributed by atoms with Gasteiger partial charge in [-0.2, -0.15) is 0 Å². The Morgan fingerprint density at radius 1 is 1.42 bits per heavy atom. The zero-order chi connectivity index (χ0) is 13.8. The summed E-state index contributed by atoms with van der Waals surface area (Å²) in [5, 5.41) is 11.5. The van der Waals surface area contributed by atoms with E-state index >= 15 is 0 Å². The first-order valence-corrected chi connectivity index (χ1v) is 5.62. The van der Waals surface area contributed by atoms with E-state index in [9.17, 15) is 9.18 Å². The number of aryl methyl sites for hydroxylation is 1. The van der Waals surface area contributed by atoms with Crippen molar-refractivity contribution in [3.05, 3.63) is 53.2 Å². The van der Waals surface area contributed by atoms with Crippen molar-refractivity contribution >= 4 is 11.8 Å². The Labute approximate surface area is 109 Å². The van der Waals surface area contributed by atoms with Crippen LogP contribution in [-0.4, -0.2) is 21.0 Å². The molecule has 0 aliphatic heterocycles. The van der Waals surface area contributed by atoms with E-state index < -0.39 is 17.3 Å². The van der Waals surface area contributed by atoms with Crippen molar-refractivity contribution in [3.8, 4) is 0 Å². The summed E-state index contributed by atoms with van der Waals surface area (Å²) in [6, 6.07) is 6.61. The van der Waals surface area contributed by atoms with E-state index in [-0.39, 0.29) is 12.4 Å². The fourth-order valence-corrected chi connectivity index (χ4v) is 1.60. The fraction of sp³-hybridized carbons (Fsp3) is 0.154. The number of nitrogens with one attached hydrogen (secondary N) is 1. The van der Waals surface area contributed by atoms with Gasteiger partial charge in [0.1, 0.15) is 5.56 Å². The summed E-state index contributed by atoms with van der Waals surface area (Å²) in [7, 11) is 0. The zero-order valence-corrected chi connectivity index (χ0v) is 10.2. The molecule has 0 radical (unpaired) electrons. The molecule has 19 heavy (non-hydrogen) atoms. The number of hydrogen-bond acceptors (Lipinski definition) is 4. The van der Waals surface area contributed by atoms with Crippen LogP contribution in [0.5, 0.6) is 0 Å². The molecule has 0 saturated heterocycles. The van der Waals surface area contributed by atoms with Gasteiger partial charge in [-0.1, -0.05) is 6.07 Å². The van der Waals surface area contributed by atoms with E-state index in [0.29, 0.717) is 0 Å². The summed E-state index contributed by atoms with van der Waals surface area (Å²) < 4.78 is 13.8. The van der Waals surface area contributed by atoms with Crippen LogP contribution in [0.4, 0.5) is 10.2 Å². The molecule has 5 nitrogen and oxygen atoms in total. The molecule has 0 unspecified atom stereocenters. The highest BCUT2D eigenvalue weighted by Gasteiger charge is 2.14. The highest BCUT2D eigenvalue weighted by molar-refractivity contribution is 5.88. The monoisotopic (exact) mass is 261 g/mol. The summed E-state index contributed by atoms with van der Waals surface area (Å²) >= 11 is 0. The van der Waals surface area contributed by atoms with E-state index in [1.165, 1.54) is 6.20 Å². The topological polar surface area (TPSA) is 75.1 Å². The molecule has 2 rings (SSSR count). The lowest BCUT2D eigenvalue weighted by Crippen LogP contribution is -2.09. The van der Waals surface area contributed by atoms with Crippen LogP contribution < -0.4 is 5.32 Å². The molecule has 0 spiro atoms. The second-order valence-electron chi connectivity index (χ2n) is 3.95. The van der Waals surface area contributed by atoms with Crippen molar-refractivity contribution in [2.45, 2.75) is 13.5 Å². The smallest absolute Gasteiger partial charge is 0.338 e. The van der Waals surface area contributed by atoms with E-state index in [2.05, 4.69) is 15.3 Å². The SMILES string of the molecule is Cc1cccc(CNc2nccc(C(=O)O)c2F)n1. The number of pyridine rings is 2. The predicted molar refractivity (Wildman–Crippen MR) is 67.5 cm³/mol. The normalized spacial score (nSPS) is 10.2. The molecular formula is C13H12FN3O2. The molecule has 0 aliphatic rings. The molecule has 2 N–H and O–H groups in total. The maximum Gasteiger partial charge on any atom is 0.338 e. The number of rotatable bonds is 4. The zero-order valence-electron chi connectivity index (χ0n) is 10.2. The first kappa shape index (κ1) is 12.9. The molecule has 6 heteroatoms. The lowest BCUT2D eigenvalue weighted by atomic mass is 10.2. The van der Waals surface area contributed by atoms with Crippen LogP contribution in [0.25, 0.3) is 0 Å². The maximum atomic E-state index is 13.8. The van der Waals surface area contributed by atoms with Crippen molar-refractivity contribution in [1.29, 1.82) is 0 Å². The van der Waals surface area contributed by atoms with Crippen LogP contribution >= 0.6 is 0 Å². The molecule has 0 aliphatic carbocycles. The fourth-order valence-electron chi connectivity index (χ4n) is 1.60. The Morgan fingerprint density at radius 2 is 2.21 bits per heavy atom. The van der Waals surface area contributed by atoms with Gasteiger partial charge in [0.25, 0.3) is 0 Å². The molecule has 0 amide bonds. The average molecular weight is 261 g/mol. The summed E-state index contributed by atoms with van der Waals surface area (Å²) in [4.78, 5) is 18.8. The predicted octanol–water partition coefficient (Wildman–Crippen LogP) is 2.23. The van der Waals surface area contributed by atoms with E-state index in [4.69, 9.17) is 5.11 Å². The highest BCUT2D eigenvalue weighted by Crippen LogP contribution is 2.15. The highest BCUT2D eigenvalue weighted by atomic mass is 19.1. The Hall–Kier alpha value is -2.50. The average Bonchev–Trinajstić information content (AvgIpc) is 2.37. The van der Waals surface area contributed by atoms with Gasteiger partial charge in [-0.05, 0) is 25.1 Å². The number of nitrogens with zero attached hydrogens (tertiary/aromatic N) is 2. The molecular weight excluding hydrogens is 249 g/mol. The minimum absolute atomic E-state index is 0.0943. The van der Waals surface area contributed by atoms with Crippen molar-refractivity contribution in [3.63, 3.8) is 0 Å². The largest absolute Gasteiger partial charge is 0.478 e. The molecule has 0 saturated carbocycles. The Bertz CT molecular complexity index is 617. The van der Waals surface area contributed by atoms with Gasteiger partial charge in [-0.25, -0.2) is 14.2 Å². The summed E-state index contributed by atoms with van der Waals surface area (Å²) in [6.07, 6.45) is 1.25. The van der Waals surface area contributed by atoms with Crippen molar-refractivity contribution in [1.82, 2.24) is 9.97 Å². The van der Waals surface area contributed by atoms with Crippen LogP contribution in [0.1, 0.15) is 21.7 Å². The quantitative estimate of drug-likeness (QED) is 0.882. The minimum Gasteiger partial charge on any atom is -0.478 e. The van der Waals surface area contributed by atoms with Gasteiger partial charge in [-0.15, -0.1) is 0 Å². The Kier molecular flexibility index (Phi) is 3.70. The van der Waals surface area contributed by atoms with E-state index in [0.717, 1.165) is 17.5 Å². The van der Waals surface area contributed by atoms with Crippen LogP contribution in [-0.2, 0) is 6.54 Å².